The van der Waals surface area contributed by atoms with Crippen LogP contribution in [-0.4, -0.2) is 5.91 Å². The topological polar surface area (TPSA) is 29.1 Å². The lowest BCUT2D eigenvalue weighted by molar-refractivity contribution is -0.120. The molecule has 1 N–H and O–H groups in total. The number of rotatable bonds is 4. The van der Waals surface area contributed by atoms with Crippen LogP contribution in [0, 0.1) is 6.92 Å². The Kier molecular flexibility index (Phi) is 5.05. The second-order valence-electron chi connectivity index (χ2n) is 4.63. The van der Waals surface area contributed by atoms with Crippen LogP contribution in [0.5, 0.6) is 0 Å². The summed E-state index contributed by atoms with van der Waals surface area (Å²) in [6.45, 7) is 2.56. The largest absolute Gasteiger partial charge is 0.352 e. The van der Waals surface area contributed by atoms with Crippen LogP contribution in [0.2, 0.25) is 10.0 Å². The van der Waals surface area contributed by atoms with Gasteiger partial charge in [-0.1, -0.05) is 53.5 Å². The van der Waals surface area contributed by atoms with Crippen LogP contribution in [0.15, 0.2) is 42.5 Å². The summed E-state index contributed by atoms with van der Waals surface area (Å²) in [5, 5.41) is 3.87. The summed E-state index contributed by atoms with van der Waals surface area (Å²) in [4.78, 5) is 11.9. The van der Waals surface area contributed by atoms with Gasteiger partial charge in [0.05, 0.1) is 16.5 Å². The Labute approximate surface area is 128 Å². The molecule has 0 aliphatic rings. The fourth-order valence-electron chi connectivity index (χ4n) is 1.90. The molecule has 0 bridgehead atoms. The highest BCUT2D eigenvalue weighted by molar-refractivity contribution is 6.42. The van der Waals surface area contributed by atoms with E-state index in [-0.39, 0.29) is 5.91 Å². The predicted octanol–water partition coefficient (Wildman–Crippen LogP) is 4.16. The lowest BCUT2D eigenvalue weighted by Gasteiger charge is -2.08. The van der Waals surface area contributed by atoms with Crippen molar-refractivity contribution in [3.05, 3.63) is 69.2 Å². The van der Waals surface area contributed by atoms with E-state index in [0.717, 1.165) is 11.1 Å². The molecule has 0 saturated carbocycles. The molecule has 4 heteroatoms. The van der Waals surface area contributed by atoms with Crippen molar-refractivity contribution in [2.45, 2.75) is 19.9 Å². The van der Waals surface area contributed by atoms with Crippen LogP contribution in [0.1, 0.15) is 16.7 Å². The third-order valence-electron chi connectivity index (χ3n) is 3.09. The van der Waals surface area contributed by atoms with Gasteiger partial charge in [-0.15, -0.1) is 0 Å². The van der Waals surface area contributed by atoms with Crippen LogP contribution in [0.3, 0.4) is 0 Å². The van der Waals surface area contributed by atoms with E-state index < -0.39 is 0 Å². The summed E-state index contributed by atoms with van der Waals surface area (Å²) in [5.41, 5.74) is 3.14. The Bertz CT molecular complexity index is 626. The van der Waals surface area contributed by atoms with E-state index in [0.29, 0.717) is 23.0 Å². The van der Waals surface area contributed by atoms with Gasteiger partial charge in [-0.3, -0.25) is 4.79 Å². The first-order valence-electron chi connectivity index (χ1n) is 6.31. The van der Waals surface area contributed by atoms with E-state index in [1.165, 1.54) is 5.56 Å². The Morgan fingerprint density at radius 1 is 1.10 bits per heavy atom. The standard InChI is InChI=1S/C16H15Cl2NO/c1-11-4-2-3-5-13(11)10-19-16(20)9-12-6-7-14(17)15(18)8-12/h2-8H,9-10H2,1H3,(H,19,20). The first-order valence-corrected chi connectivity index (χ1v) is 7.07. The van der Waals surface area contributed by atoms with Crippen molar-refractivity contribution in [2.75, 3.05) is 0 Å². The average Bonchev–Trinajstić information content (AvgIpc) is 2.42. The lowest BCUT2D eigenvalue weighted by Crippen LogP contribution is -2.24. The molecule has 0 radical (unpaired) electrons. The Morgan fingerprint density at radius 3 is 2.55 bits per heavy atom. The number of halogens is 2. The zero-order valence-corrected chi connectivity index (χ0v) is 12.6. The molecule has 0 saturated heterocycles. The van der Waals surface area contributed by atoms with Crippen molar-refractivity contribution in [1.82, 2.24) is 5.32 Å². The number of aryl methyl sites for hydroxylation is 1. The molecule has 2 aromatic carbocycles. The maximum atomic E-state index is 11.9. The van der Waals surface area contributed by atoms with E-state index in [1.54, 1.807) is 12.1 Å². The number of nitrogens with one attached hydrogen (secondary N) is 1. The molecule has 2 rings (SSSR count). The number of carbonyl (C=O) groups is 1. The zero-order chi connectivity index (χ0) is 14.5. The van der Waals surface area contributed by atoms with Gasteiger partial charge in [-0.25, -0.2) is 0 Å². The number of carbonyl (C=O) groups excluding carboxylic acids is 1. The monoisotopic (exact) mass is 307 g/mol. The highest BCUT2D eigenvalue weighted by atomic mass is 35.5. The van der Waals surface area contributed by atoms with Gasteiger partial charge in [-0.2, -0.15) is 0 Å². The quantitative estimate of drug-likeness (QED) is 0.903. The number of amides is 1. The number of hydrogen-bond acceptors (Lipinski definition) is 1. The maximum Gasteiger partial charge on any atom is 0.224 e. The molecule has 0 atom stereocenters. The first-order chi connectivity index (χ1) is 9.56. The molecule has 2 aromatic rings. The smallest absolute Gasteiger partial charge is 0.224 e. The fourth-order valence-corrected chi connectivity index (χ4v) is 2.22. The molecular weight excluding hydrogens is 293 g/mol. The summed E-state index contributed by atoms with van der Waals surface area (Å²) >= 11 is 11.8. The van der Waals surface area contributed by atoms with E-state index in [1.807, 2.05) is 37.3 Å². The van der Waals surface area contributed by atoms with Gasteiger partial charge in [-0.05, 0) is 35.7 Å². The highest BCUT2D eigenvalue weighted by Gasteiger charge is 2.06. The zero-order valence-electron chi connectivity index (χ0n) is 11.1. The van der Waals surface area contributed by atoms with Gasteiger partial charge >= 0.3 is 0 Å². The highest BCUT2D eigenvalue weighted by Crippen LogP contribution is 2.22. The van der Waals surface area contributed by atoms with Crippen molar-refractivity contribution in [3.63, 3.8) is 0 Å². The van der Waals surface area contributed by atoms with Crippen molar-refractivity contribution < 1.29 is 4.79 Å². The number of hydrogen-bond donors (Lipinski definition) is 1. The minimum Gasteiger partial charge on any atom is -0.352 e. The summed E-state index contributed by atoms with van der Waals surface area (Å²) in [7, 11) is 0. The predicted molar refractivity (Wildman–Crippen MR) is 83.2 cm³/mol. The van der Waals surface area contributed by atoms with E-state index in [2.05, 4.69) is 5.32 Å². The summed E-state index contributed by atoms with van der Waals surface area (Å²) in [6.07, 6.45) is 0.294. The van der Waals surface area contributed by atoms with Gasteiger partial charge in [0.25, 0.3) is 0 Å². The second-order valence-corrected chi connectivity index (χ2v) is 5.44. The summed E-state index contributed by atoms with van der Waals surface area (Å²) in [5.74, 6) is -0.0355. The van der Waals surface area contributed by atoms with Gasteiger partial charge in [0.15, 0.2) is 0 Å². The Morgan fingerprint density at radius 2 is 1.85 bits per heavy atom. The molecular formula is C16H15Cl2NO. The molecule has 1 amide bonds. The van der Waals surface area contributed by atoms with Crippen LogP contribution < -0.4 is 5.32 Å². The Hall–Kier alpha value is -1.51. The minimum absolute atomic E-state index is 0.0355. The molecule has 0 aliphatic heterocycles. The van der Waals surface area contributed by atoms with Gasteiger partial charge in [0.2, 0.25) is 5.91 Å². The van der Waals surface area contributed by atoms with E-state index in [9.17, 15) is 4.79 Å². The lowest BCUT2D eigenvalue weighted by atomic mass is 10.1. The third-order valence-corrected chi connectivity index (χ3v) is 3.82. The van der Waals surface area contributed by atoms with Gasteiger partial charge in [0.1, 0.15) is 0 Å². The Balaban J connectivity index is 1.93. The molecule has 0 aromatic heterocycles. The summed E-state index contributed by atoms with van der Waals surface area (Å²) < 4.78 is 0. The van der Waals surface area contributed by atoms with Crippen LogP contribution in [0.4, 0.5) is 0 Å². The fraction of sp³-hybridized carbons (Fsp3) is 0.188. The molecule has 0 spiro atoms. The summed E-state index contributed by atoms with van der Waals surface area (Å²) in [6, 6.07) is 13.2. The van der Waals surface area contributed by atoms with Crippen LogP contribution in [0.25, 0.3) is 0 Å². The number of benzene rings is 2. The average molecular weight is 308 g/mol. The molecule has 104 valence electrons. The SMILES string of the molecule is Cc1ccccc1CNC(=O)Cc1ccc(Cl)c(Cl)c1. The molecule has 0 fully saturated rings. The van der Waals surface area contributed by atoms with Crippen molar-refractivity contribution in [2.24, 2.45) is 0 Å². The van der Waals surface area contributed by atoms with Crippen LogP contribution >= 0.6 is 23.2 Å². The maximum absolute atomic E-state index is 11.9. The van der Waals surface area contributed by atoms with Crippen molar-refractivity contribution in [1.29, 1.82) is 0 Å². The molecule has 0 unspecified atom stereocenters. The van der Waals surface area contributed by atoms with E-state index in [4.69, 9.17) is 23.2 Å². The molecule has 0 heterocycles. The molecule has 0 aliphatic carbocycles. The minimum atomic E-state index is -0.0355. The van der Waals surface area contributed by atoms with E-state index >= 15 is 0 Å². The normalized spacial score (nSPS) is 10.3. The molecule has 2 nitrogen and oxygen atoms in total. The van der Waals surface area contributed by atoms with Gasteiger partial charge < -0.3 is 5.32 Å². The van der Waals surface area contributed by atoms with Gasteiger partial charge in [0, 0.05) is 6.54 Å². The van der Waals surface area contributed by atoms with Crippen molar-refractivity contribution >= 4 is 29.1 Å². The molecule has 20 heavy (non-hydrogen) atoms. The van der Waals surface area contributed by atoms with Crippen molar-refractivity contribution in [3.8, 4) is 0 Å². The second kappa shape index (κ2) is 6.78. The van der Waals surface area contributed by atoms with Crippen LogP contribution in [-0.2, 0) is 17.8 Å². The first kappa shape index (κ1) is 14.9. The third kappa shape index (κ3) is 3.99.